The van der Waals surface area contributed by atoms with Gasteiger partial charge in [0.25, 0.3) is 5.91 Å². The number of hydrogen-bond acceptors (Lipinski definition) is 6. The quantitative estimate of drug-likeness (QED) is 0.434. The number of nitrogens with zero attached hydrogens (tertiary/aromatic N) is 2. The summed E-state index contributed by atoms with van der Waals surface area (Å²) >= 11 is 1.50. The number of anilines is 2. The summed E-state index contributed by atoms with van der Waals surface area (Å²) in [7, 11) is 1.69. The van der Waals surface area contributed by atoms with E-state index in [4.69, 9.17) is 9.47 Å². The number of rotatable bonds is 8. The van der Waals surface area contributed by atoms with Crippen LogP contribution in [0.25, 0.3) is 0 Å². The number of ether oxygens (including phenoxy) is 2. The molecule has 1 heterocycles. The van der Waals surface area contributed by atoms with Gasteiger partial charge in [0, 0.05) is 42.3 Å². The van der Waals surface area contributed by atoms with Crippen molar-refractivity contribution in [2.24, 2.45) is 0 Å². The number of amides is 1. The highest BCUT2D eigenvalue weighted by Gasteiger charge is 2.24. The van der Waals surface area contributed by atoms with E-state index in [1.54, 1.807) is 7.11 Å². The molecule has 3 aromatic carbocycles. The third kappa shape index (κ3) is 5.59. The van der Waals surface area contributed by atoms with Crippen LogP contribution >= 0.6 is 11.9 Å². The Bertz CT molecular complexity index is 1110. The van der Waals surface area contributed by atoms with Gasteiger partial charge in [0.2, 0.25) is 0 Å². The van der Waals surface area contributed by atoms with Crippen molar-refractivity contribution in [3.8, 4) is 11.5 Å². The number of carbonyl (C=O) groups excluding carboxylic acids is 1. The van der Waals surface area contributed by atoms with Crippen molar-refractivity contribution in [1.29, 1.82) is 0 Å². The summed E-state index contributed by atoms with van der Waals surface area (Å²) < 4.78 is 14.3. The van der Waals surface area contributed by atoms with Crippen molar-refractivity contribution in [2.45, 2.75) is 18.7 Å². The molecule has 0 bridgehead atoms. The van der Waals surface area contributed by atoms with Crippen molar-refractivity contribution in [2.75, 3.05) is 49.5 Å². The summed E-state index contributed by atoms with van der Waals surface area (Å²) in [6, 6.07) is 21.9. The number of hydrogen-bond donors (Lipinski definition) is 1. The lowest BCUT2D eigenvalue weighted by Crippen LogP contribution is -2.49. The second-order valence-electron chi connectivity index (χ2n) is 8.09. The van der Waals surface area contributed by atoms with E-state index >= 15 is 0 Å². The molecular weight excluding hydrogens is 446 g/mol. The molecule has 0 spiro atoms. The van der Waals surface area contributed by atoms with Gasteiger partial charge < -0.3 is 24.0 Å². The van der Waals surface area contributed by atoms with Gasteiger partial charge in [0.05, 0.1) is 19.4 Å². The fourth-order valence-corrected chi connectivity index (χ4v) is 4.70. The molecule has 1 saturated heterocycles. The van der Waals surface area contributed by atoms with Gasteiger partial charge in [-0.05, 0) is 79.9 Å². The van der Waals surface area contributed by atoms with E-state index in [-0.39, 0.29) is 5.91 Å². The monoisotopic (exact) mass is 477 g/mol. The van der Waals surface area contributed by atoms with Gasteiger partial charge in [-0.15, -0.1) is 0 Å². The van der Waals surface area contributed by atoms with Crippen LogP contribution in [0.5, 0.6) is 11.5 Å². The molecule has 1 amide bonds. The molecular formula is C27H31N3O3S. The fraction of sp³-hybridized carbons (Fsp3) is 0.296. The van der Waals surface area contributed by atoms with E-state index in [2.05, 4.69) is 15.7 Å². The highest BCUT2D eigenvalue weighted by Crippen LogP contribution is 2.29. The Morgan fingerprint density at radius 1 is 1.00 bits per heavy atom. The molecule has 0 aromatic heterocycles. The molecule has 1 N–H and O–H groups in total. The third-order valence-corrected chi connectivity index (χ3v) is 6.71. The second-order valence-corrected chi connectivity index (χ2v) is 8.97. The summed E-state index contributed by atoms with van der Waals surface area (Å²) in [5, 5.41) is 0. The van der Waals surface area contributed by atoms with Gasteiger partial charge in [0.15, 0.2) is 0 Å². The van der Waals surface area contributed by atoms with Gasteiger partial charge in [0.1, 0.15) is 11.5 Å². The first kappa shape index (κ1) is 23.8. The first-order valence-corrected chi connectivity index (χ1v) is 12.3. The number of carbonyl (C=O) groups is 1. The molecule has 0 aliphatic carbocycles. The molecule has 0 radical (unpaired) electrons. The molecule has 1 aliphatic heterocycles. The van der Waals surface area contributed by atoms with E-state index < -0.39 is 0 Å². The van der Waals surface area contributed by atoms with Gasteiger partial charge in [-0.3, -0.25) is 4.79 Å². The van der Waals surface area contributed by atoms with Crippen molar-refractivity contribution >= 4 is 29.2 Å². The Morgan fingerprint density at radius 3 is 2.44 bits per heavy atom. The number of benzene rings is 3. The van der Waals surface area contributed by atoms with Crippen molar-refractivity contribution < 1.29 is 14.3 Å². The lowest BCUT2D eigenvalue weighted by molar-refractivity contribution is 0.0745. The molecule has 3 aromatic rings. The highest BCUT2D eigenvalue weighted by atomic mass is 32.2. The van der Waals surface area contributed by atoms with Gasteiger partial charge in [-0.1, -0.05) is 18.2 Å². The zero-order chi connectivity index (χ0) is 23.9. The Balaban J connectivity index is 1.38. The molecule has 1 fully saturated rings. The molecule has 4 rings (SSSR count). The van der Waals surface area contributed by atoms with Gasteiger partial charge in [-0.2, -0.15) is 0 Å². The standard InChI is InChI=1S/C27H31N3O3S/c1-4-33-22-12-10-21(11-13-22)28-34-23-14-9-20(2)24(19-23)27(31)30-17-15-29(16-18-30)25-7-5-6-8-26(25)32-3/h5-14,19,28H,4,15-18H2,1-3H3. The van der Waals surface area contributed by atoms with E-state index in [0.29, 0.717) is 19.7 Å². The highest BCUT2D eigenvalue weighted by molar-refractivity contribution is 8.00. The van der Waals surface area contributed by atoms with Crippen LogP contribution in [0.15, 0.2) is 71.6 Å². The minimum absolute atomic E-state index is 0.0840. The van der Waals surface area contributed by atoms with Crippen LogP contribution in [0.2, 0.25) is 0 Å². The van der Waals surface area contributed by atoms with Crippen LogP contribution in [0.3, 0.4) is 0 Å². The van der Waals surface area contributed by atoms with Crippen LogP contribution in [0, 0.1) is 6.92 Å². The van der Waals surface area contributed by atoms with Gasteiger partial charge >= 0.3 is 0 Å². The predicted octanol–water partition coefficient (Wildman–Crippen LogP) is 5.48. The summed E-state index contributed by atoms with van der Waals surface area (Å²) in [4.78, 5) is 18.6. The van der Waals surface area contributed by atoms with Crippen molar-refractivity contribution in [3.05, 3.63) is 77.9 Å². The van der Waals surface area contributed by atoms with Crippen LogP contribution in [-0.2, 0) is 0 Å². The van der Waals surface area contributed by atoms with Crippen molar-refractivity contribution in [3.63, 3.8) is 0 Å². The maximum Gasteiger partial charge on any atom is 0.254 e. The Hall–Kier alpha value is -3.32. The van der Waals surface area contributed by atoms with E-state index in [9.17, 15) is 4.79 Å². The maximum absolute atomic E-state index is 13.4. The van der Waals surface area contributed by atoms with Gasteiger partial charge in [-0.25, -0.2) is 0 Å². The normalized spacial score (nSPS) is 13.5. The van der Waals surface area contributed by atoms with Crippen LogP contribution in [-0.4, -0.2) is 50.7 Å². The zero-order valence-electron chi connectivity index (χ0n) is 19.9. The molecule has 7 heteroatoms. The summed E-state index contributed by atoms with van der Waals surface area (Å²) in [6.45, 7) is 7.52. The molecule has 6 nitrogen and oxygen atoms in total. The predicted molar refractivity (Wildman–Crippen MR) is 139 cm³/mol. The zero-order valence-corrected chi connectivity index (χ0v) is 20.7. The third-order valence-electron chi connectivity index (χ3n) is 5.88. The van der Waals surface area contributed by atoms with E-state index in [0.717, 1.165) is 52.0 Å². The molecule has 0 saturated carbocycles. The first-order valence-electron chi connectivity index (χ1n) is 11.5. The number of nitrogens with one attached hydrogen (secondary N) is 1. The Kier molecular flexibility index (Phi) is 7.85. The largest absolute Gasteiger partial charge is 0.495 e. The molecule has 1 aliphatic rings. The molecule has 178 valence electrons. The van der Waals surface area contributed by atoms with Crippen molar-refractivity contribution in [1.82, 2.24) is 4.90 Å². The molecule has 34 heavy (non-hydrogen) atoms. The van der Waals surface area contributed by atoms with Crippen LogP contribution < -0.4 is 19.1 Å². The minimum Gasteiger partial charge on any atom is -0.495 e. The average Bonchev–Trinajstić information content (AvgIpc) is 2.89. The van der Waals surface area contributed by atoms with Crippen LogP contribution in [0.4, 0.5) is 11.4 Å². The van der Waals surface area contributed by atoms with E-state index in [1.807, 2.05) is 79.4 Å². The molecule has 0 atom stereocenters. The second kappa shape index (κ2) is 11.2. The number of piperazine rings is 1. The lowest BCUT2D eigenvalue weighted by Gasteiger charge is -2.36. The smallest absolute Gasteiger partial charge is 0.254 e. The number of methoxy groups -OCH3 is 1. The summed E-state index contributed by atoms with van der Waals surface area (Å²) in [5.41, 5.74) is 3.80. The average molecular weight is 478 g/mol. The number of para-hydroxylation sites is 2. The SMILES string of the molecule is CCOc1ccc(NSc2ccc(C)c(C(=O)N3CCN(c4ccccc4OC)CC3)c2)cc1. The Labute approximate surface area is 206 Å². The fourth-order valence-electron chi connectivity index (χ4n) is 4.01. The maximum atomic E-state index is 13.4. The van der Waals surface area contributed by atoms with E-state index in [1.165, 1.54) is 11.9 Å². The summed E-state index contributed by atoms with van der Waals surface area (Å²) in [6.07, 6.45) is 0. The number of aryl methyl sites for hydroxylation is 1. The topological polar surface area (TPSA) is 54.0 Å². The lowest BCUT2D eigenvalue weighted by atomic mass is 10.1. The first-order chi connectivity index (χ1) is 16.6. The molecule has 0 unspecified atom stereocenters. The van der Waals surface area contributed by atoms with Crippen LogP contribution in [0.1, 0.15) is 22.8 Å². The summed E-state index contributed by atoms with van der Waals surface area (Å²) in [5.74, 6) is 1.80. The minimum atomic E-state index is 0.0840. The Morgan fingerprint density at radius 2 is 1.74 bits per heavy atom.